The third-order valence-corrected chi connectivity index (χ3v) is 4.71. The standard InChI is InChI=1S/C19H24FN3O4/c1-18(2,3)27-16(24)8-15-22-19(12-7-11(21)5-6-14(12)20)10-26-9-13(19)17(25)23(15)4/h5-7,13H,8-10,21H2,1-4H3/t13-,19+/m0/s1. The van der Waals surface area contributed by atoms with Gasteiger partial charge in [0.25, 0.3) is 0 Å². The predicted molar refractivity (Wildman–Crippen MR) is 97.5 cm³/mol. The number of nitrogens with two attached hydrogens (primary N) is 1. The van der Waals surface area contributed by atoms with E-state index in [4.69, 9.17) is 15.2 Å². The average Bonchev–Trinajstić information content (AvgIpc) is 2.97. The maximum atomic E-state index is 14.6. The third-order valence-electron chi connectivity index (χ3n) is 4.71. The fourth-order valence-electron chi connectivity index (χ4n) is 3.49. The number of nitrogen functional groups attached to an aromatic ring is 1. The van der Waals surface area contributed by atoms with Crippen LogP contribution in [0.3, 0.4) is 0 Å². The molecule has 2 heterocycles. The summed E-state index contributed by atoms with van der Waals surface area (Å²) in [5.41, 5.74) is 4.50. The van der Waals surface area contributed by atoms with Crippen LogP contribution in [-0.4, -0.2) is 48.5 Å². The van der Waals surface area contributed by atoms with E-state index >= 15 is 0 Å². The summed E-state index contributed by atoms with van der Waals surface area (Å²) in [6.45, 7) is 5.43. The van der Waals surface area contributed by atoms with E-state index in [9.17, 15) is 14.0 Å². The molecule has 0 bridgehead atoms. The Kier molecular flexibility index (Phi) is 4.71. The van der Waals surface area contributed by atoms with Crippen molar-refractivity contribution in [3.05, 3.63) is 29.6 Å². The first-order valence-electron chi connectivity index (χ1n) is 8.75. The second-order valence-electron chi connectivity index (χ2n) is 7.92. The molecule has 27 heavy (non-hydrogen) atoms. The van der Waals surface area contributed by atoms with E-state index in [-0.39, 0.29) is 36.9 Å². The smallest absolute Gasteiger partial charge is 0.313 e. The van der Waals surface area contributed by atoms with Gasteiger partial charge in [0.05, 0.1) is 19.1 Å². The first-order chi connectivity index (χ1) is 12.5. The lowest BCUT2D eigenvalue weighted by atomic mass is 9.78. The number of anilines is 1. The van der Waals surface area contributed by atoms with E-state index in [2.05, 4.69) is 4.99 Å². The first kappa shape index (κ1) is 19.3. The zero-order valence-corrected chi connectivity index (χ0v) is 15.9. The molecule has 2 aliphatic heterocycles. The Balaban J connectivity index is 2.05. The van der Waals surface area contributed by atoms with E-state index in [0.717, 1.165) is 0 Å². The molecule has 8 heteroatoms. The molecule has 2 N–H and O–H groups in total. The van der Waals surface area contributed by atoms with Crippen molar-refractivity contribution in [2.45, 2.75) is 38.3 Å². The van der Waals surface area contributed by atoms with Gasteiger partial charge < -0.3 is 20.1 Å². The van der Waals surface area contributed by atoms with Gasteiger partial charge in [-0.2, -0.15) is 0 Å². The third kappa shape index (κ3) is 3.53. The number of rotatable bonds is 3. The van der Waals surface area contributed by atoms with Gasteiger partial charge >= 0.3 is 5.97 Å². The fourth-order valence-corrected chi connectivity index (χ4v) is 3.49. The molecule has 146 valence electrons. The Labute approximate surface area is 157 Å². The maximum Gasteiger partial charge on any atom is 0.313 e. The Morgan fingerprint density at radius 3 is 2.85 bits per heavy atom. The van der Waals surface area contributed by atoms with Crippen LogP contribution >= 0.6 is 0 Å². The summed E-state index contributed by atoms with van der Waals surface area (Å²) in [5.74, 6) is -1.76. The topological polar surface area (TPSA) is 94.2 Å². The van der Waals surface area contributed by atoms with Gasteiger partial charge in [-0.25, -0.2) is 4.39 Å². The zero-order valence-electron chi connectivity index (χ0n) is 15.9. The summed E-state index contributed by atoms with van der Waals surface area (Å²) in [6.07, 6.45) is -0.197. The molecule has 1 aromatic rings. The van der Waals surface area contributed by atoms with Crippen LogP contribution in [0.1, 0.15) is 32.8 Å². The van der Waals surface area contributed by atoms with E-state index < -0.39 is 28.8 Å². The number of ether oxygens (including phenoxy) is 2. The first-order valence-corrected chi connectivity index (χ1v) is 8.75. The quantitative estimate of drug-likeness (QED) is 0.641. The van der Waals surface area contributed by atoms with E-state index in [0.29, 0.717) is 5.69 Å². The molecule has 0 saturated carbocycles. The minimum atomic E-state index is -1.24. The van der Waals surface area contributed by atoms with Gasteiger partial charge in [0.1, 0.15) is 29.2 Å². The number of hydrogen-bond donors (Lipinski definition) is 1. The van der Waals surface area contributed by atoms with Gasteiger partial charge in [-0.3, -0.25) is 14.6 Å². The summed E-state index contributed by atoms with van der Waals surface area (Å²) in [7, 11) is 1.55. The summed E-state index contributed by atoms with van der Waals surface area (Å²) in [6, 6.07) is 4.17. The number of nitrogens with zero attached hydrogens (tertiary/aromatic N) is 2. The van der Waals surface area contributed by atoms with Gasteiger partial charge in [0, 0.05) is 18.3 Å². The number of fused-ring (bicyclic) bond motifs is 1. The molecular weight excluding hydrogens is 353 g/mol. The molecular formula is C19H24FN3O4. The van der Waals surface area contributed by atoms with Crippen LogP contribution in [0, 0.1) is 11.7 Å². The number of amides is 1. The van der Waals surface area contributed by atoms with Crippen molar-refractivity contribution < 1.29 is 23.5 Å². The molecule has 1 saturated heterocycles. The Bertz CT molecular complexity index is 818. The van der Waals surface area contributed by atoms with Crippen molar-refractivity contribution in [3.8, 4) is 0 Å². The Morgan fingerprint density at radius 2 is 2.19 bits per heavy atom. The van der Waals surface area contributed by atoms with E-state index in [1.807, 2.05) is 0 Å². The molecule has 0 aromatic heterocycles. The molecule has 2 aliphatic rings. The van der Waals surface area contributed by atoms with Crippen molar-refractivity contribution in [1.82, 2.24) is 4.90 Å². The highest BCUT2D eigenvalue weighted by Crippen LogP contribution is 2.44. The summed E-state index contributed by atoms with van der Waals surface area (Å²) in [4.78, 5) is 31.2. The highest BCUT2D eigenvalue weighted by atomic mass is 19.1. The van der Waals surface area contributed by atoms with Gasteiger partial charge in [0.15, 0.2) is 0 Å². The Hall–Kier alpha value is -2.48. The number of benzene rings is 1. The molecule has 0 unspecified atom stereocenters. The molecule has 1 amide bonds. The molecule has 1 aromatic carbocycles. The second kappa shape index (κ2) is 6.60. The van der Waals surface area contributed by atoms with Crippen LogP contribution < -0.4 is 5.73 Å². The maximum absolute atomic E-state index is 14.6. The minimum absolute atomic E-state index is 0.0371. The van der Waals surface area contributed by atoms with Crippen molar-refractivity contribution in [3.63, 3.8) is 0 Å². The number of carbonyl (C=O) groups excluding carboxylic acids is 2. The highest BCUT2D eigenvalue weighted by molar-refractivity contribution is 6.08. The van der Waals surface area contributed by atoms with Crippen LogP contribution in [0.25, 0.3) is 0 Å². The van der Waals surface area contributed by atoms with Crippen LogP contribution in [0.5, 0.6) is 0 Å². The van der Waals surface area contributed by atoms with Gasteiger partial charge in [0.2, 0.25) is 5.91 Å². The highest BCUT2D eigenvalue weighted by Gasteiger charge is 2.55. The normalized spacial score (nSPS) is 25.2. The molecule has 0 radical (unpaired) electrons. The monoisotopic (exact) mass is 377 g/mol. The van der Waals surface area contributed by atoms with E-state index in [1.54, 1.807) is 27.8 Å². The minimum Gasteiger partial charge on any atom is -0.460 e. The molecule has 7 nitrogen and oxygen atoms in total. The SMILES string of the molecule is CN1C(=O)[C@@H]2COC[C@]2(c2cc(N)ccc2F)N=C1CC(=O)OC(C)(C)C. The lowest BCUT2D eigenvalue weighted by Crippen LogP contribution is -2.52. The van der Waals surface area contributed by atoms with Gasteiger partial charge in [-0.05, 0) is 39.0 Å². The summed E-state index contributed by atoms with van der Waals surface area (Å²) < 4.78 is 25.5. The molecule has 0 aliphatic carbocycles. The average molecular weight is 377 g/mol. The number of hydrogen-bond acceptors (Lipinski definition) is 6. The van der Waals surface area contributed by atoms with Gasteiger partial charge in [-0.15, -0.1) is 0 Å². The van der Waals surface area contributed by atoms with Crippen molar-refractivity contribution in [1.29, 1.82) is 0 Å². The van der Waals surface area contributed by atoms with Gasteiger partial charge in [-0.1, -0.05) is 0 Å². The molecule has 2 atom stereocenters. The number of halogens is 1. The van der Waals surface area contributed by atoms with Crippen molar-refractivity contribution in [2.24, 2.45) is 10.9 Å². The van der Waals surface area contributed by atoms with Crippen molar-refractivity contribution in [2.75, 3.05) is 26.0 Å². The van der Waals surface area contributed by atoms with Crippen LogP contribution in [0.2, 0.25) is 0 Å². The van der Waals surface area contributed by atoms with Crippen LogP contribution in [0.4, 0.5) is 10.1 Å². The zero-order chi connectivity index (χ0) is 20.0. The molecule has 0 spiro atoms. The summed E-state index contributed by atoms with van der Waals surface area (Å²) >= 11 is 0. The van der Waals surface area contributed by atoms with Crippen molar-refractivity contribution >= 4 is 23.4 Å². The van der Waals surface area contributed by atoms with E-state index in [1.165, 1.54) is 23.1 Å². The number of carbonyl (C=O) groups is 2. The van der Waals surface area contributed by atoms with Crippen LogP contribution in [0.15, 0.2) is 23.2 Å². The lowest BCUT2D eigenvalue weighted by molar-refractivity contribution is -0.153. The lowest BCUT2D eigenvalue weighted by Gasteiger charge is -2.38. The number of aliphatic imine (C=N–C) groups is 1. The largest absolute Gasteiger partial charge is 0.460 e. The second-order valence-corrected chi connectivity index (χ2v) is 7.92. The predicted octanol–water partition coefficient (Wildman–Crippen LogP) is 1.85. The molecule has 1 fully saturated rings. The fraction of sp³-hybridized carbons (Fsp3) is 0.526. The van der Waals surface area contributed by atoms with Crippen LogP contribution in [-0.2, 0) is 24.6 Å². The Morgan fingerprint density at radius 1 is 1.48 bits per heavy atom. The number of esters is 1. The summed E-state index contributed by atoms with van der Waals surface area (Å²) in [5, 5.41) is 0. The number of amidine groups is 1. The molecule has 3 rings (SSSR count).